The zero-order valence-electron chi connectivity index (χ0n) is 9.06. The van der Waals surface area contributed by atoms with Crippen LogP contribution < -0.4 is 0 Å². The molecule has 0 unspecified atom stereocenters. The van der Waals surface area contributed by atoms with E-state index in [1.807, 2.05) is 0 Å². The van der Waals surface area contributed by atoms with Gasteiger partial charge in [0.05, 0.1) is 6.20 Å². The topological polar surface area (TPSA) is 47.3 Å². The molecule has 0 saturated carbocycles. The molecule has 0 aliphatic rings. The Kier molecular flexibility index (Phi) is 2.26. The third-order valence-corrected chi connectivity index (χ3v) is 2.38. The van der Waals surface area contributed by atoms with Crippen LogP contribution in [0.1, 0.15) is 42.7 Å². The lowest BCUT2D eigenvalue weighted by Crippen LogP contribution is -2.01. The first kappa shape index (κ1) is 9.83. The average Bonchev–Trinajstić information content (AvgIpc) is 2.59. The summed E-state index contributed by atoms with van der Waals surface area (Å²) in [5.74, 6) is 0.339. The predicted octanol–water partition coefficient (Wildman–Crippen LogP) is 2.06. The van der Waals surface area contributed by atoms with Gasteiger partial charge in [-0.25, -0.2) is 9.50 Å². The van der Waals surface area contributed by atoms with Gasteiger partial charge in [0, 0.05) is 18.7 Å². The van der Waals surface area contributed by atoms with Gasteiger partial charge in [-0.15, -0.1) is 0 Å². The lowest BCUT2D eigenvalue weighted by molar-refractivity contribution is 0.101. The second-order valence-corrected chi connectivity index (χ2v) is 3.89. The van der Waals surface area contributed by atoms with Crippen LogP contribution in [0.25, 0.3) is 5.65 Å². The van der Waals surface area contributed by atoms with Gasteiger partial charge in [-0.3, -0.25) is 4.79 Å². The van der Waals surface area contributed by atoms with Gasteiger partial charge in [0.1, 0.15) is 5.69 Å². The summed E-state index contributed by atoms with van der Waals surface area (Å²) in [5, 5.41) is 4.18. The lowest BCUT2D eigenvalue weighted by atomic mass is 10.1. The van der Waals surface area contributed by atoms with E-state index < -0.39 is 0 Å². The monoisotopic (exact) mass is 203 g/mol. The number of Topliss-reactive ketones (excluding diaryl/α,β-unsaturated/α-hetero) is 1. The largest absolute Gasteiger partial charge is 0.293 e. The van der Waals surface area contributed by atoms with E-state index in [9.17, 15) is 4.79 Å². The maximum atomic E-state index is 11.2. The van der Waals surface area contributed by atoms with E-state index in [0.29, 0.717) is 11.6 Å². The lowest BCUT2D eigenvalue weighted by Gasteiger charge is -2.02. The molecule has 2 aromatic heterocycles. The second kappa shape index (κ2) is 3.46. The number of carbonyl (C=O) groups is 1. The molecule has 0 aliphatic heterocycles. The van der Waals surface area contributed by atoms with E-state index in [2.05, 4.69) is 23.9 Å². The molecule has 78 valence electrons. The Hall–Kier alpha value is -1.71. The minimum Gasteiger partial charge on any atom is -0.293 e. The van der Waals surface area contributed by atoms with Crippen molar-refractivity contribution in [2.24, 2.45) is 0 Å². The number of carbonyl (C=O) groups excluding carboxylic acids is 1. The van der Waals surface area contributed by atoms with E-state index in [4.69, 9.17) is 0 Å². The highest BCUT2D eigenvalue weighted by atomic mass is 16.1. The molecule has 0 spiro atoms. The first-order valence-electron chi connectivity index (χ1n) is 4.95. The molecule has 0 atom stereocenters. The highest BCUT2D eigenvalue weighted by Gasteiger charge is 2.10. The number of nitrogens with zero attached hydrogens (tertiary/aromatic N) is 3. The highest BCUT2D eigenvalue weighted by Crippen LogP contribution is 2.18. The van der Waals surface area contributed by atoms with E-state index in [-0.39, 0.29) is 5.78 Å². The van der Waals surface area contributed by atoms with Crippen molar-refractivity contribution >= 4 is 11.4 Å². The van der Waals surface area contributed by atoms with Gasteiger partial charge in [-0.2, -0.15) is 5.10 Å². The third kappa shape index (κ3) is 1.63. The van der Waals surface area contributed by atoms with Crippen molar-refractivity contribution in [1.82, 2.24) is 14.6 Å². The van der Waals surface area contributed by atoms with Crippen molar-refractivity contribution in [3.8, 4) is 0 Å². The zero-order chi connectivity index (χ0) is 11.0. The first-order chi connectivity index (χ1) is 7.09. The summed E-state index contributed by atoms with van der Waals surface area (Å²) < 4.78 is 1.70. The van der Waals surface area contributed by atoms with Crippen LogP contribution in [0.4, 0.5) is 0 Å². The molecule has 4 nitrogen and oxygen atoms in total. The van der Waals surface area contributed by atoms with Crippen LogP contribution in [-0.4, -0.2) is 20.4 Å². The van der Waals surface area contributed by atoms with Crippen molar-refractivity contribution in [3.63, 3.8) is 0 Å². The van der Waals surface area contributed by atoms with Gasteiger partial charge in [0.25, 0.3) is 0 Å². The normalized spacial score (nSPS) is 11.2. The number of hydrogen-bond donors (Lipinski definition) is 0. The highest BCUT2D eigenvalue weighted by molar-refractivity contribution is 5.92. The molecule has 0 aliphatic carbocycles. The summed E-state index contributed by atoms with van der Waals surface area (Å²) in [6.45, 7) is 5.68. The van der Waals surface area contributed by atoms with E-state index in [0.717, 1.165) is 11.2 Å². The third-order valence-electron chi connectivity index (χ3n) is 2.38. The van der Waals surface area contributed by atoms with E-state index in [1.165, 1.54) is 6.92 Å². The molecular formula is C11H13N3O. The second-order valence-electron chi connectivity index (χ2n) is 3.89. The molecule has 2 aromatic rings. The fourth-order valence-corrected chi connectivity index (χ4v) is 1.49. The summed E-state index contributed by atoms with van der Waals surface area (Å²) in [7, 11) is 0. The van der Waals surface area contributed by atoms with Crippen LogP contribution in [0.2, 0.25) is 0 Å². The summed E-state index contributed by atoms with van der Waals surface area (Å²) in [6.07, 6.45) is 3.57. The van der Waals surface area contributed by atoms with Crippen molar-refractivity contribution in [3.05, 3.63) is 29.7 Å². The fraction of sp³-hybridized carbons (Fsp3) is 0.364. The molecule has 4 heteroatoms. The van der Waals surface area contributed by atoms with E-state index in [1.54, 1.807) is 23.0 Å². The maximum Gasteiger partial charge on any atom is 0.178 e. The Morgan fingerprint density at radius 1 is 1.47 bits per heavy atom. The van der Waals surface area contributed by atoms with Crippen molar-refractivity contribution in [2.45, 2.75) is 26.7 Å². The maximum absolute atomic E-state index is 11.2. The van der Waals surface area contributed by atoms with E-state index >= 15 is 0 Å². The van der Waals surface area contributed by atoms with Crippen LogP contribution in [0.5, 0.6) is 0 Å². The van der Waals surface area contributed by atoms with Gasteiger partial charge in [0.2, 0.25) is 0 Å². The van der Waals surface area contributed by atoms with Crippen LogP contribution in [0.15, 0.2) is 18.5 Å². The number of aromatic nitrogens is 3. The van der Waals surface area contributed by atoms with Crippen LogP contribution in [-0.2, 0) is 0 Å². The Bertz CT molecular complexity index is 514. The molecular weight excluding hydrogens is 190 g/mol. The van der Waals surface area contributed by atoms with Gasteiger partial charge >= 0.3 is 0 Å². The standard InChI is InChI=1S/C11H13N3O/c1-7(2)9-6-12-14-5-4-10(8(3)15)13-11(9)14/h4-7H,1-3H3. The van der Waals surface area contributed by atoms with Crippen molar-refractivity contribution in [1.29, 1.82) is 0 Å². The Morgan fingerprint density at radius 2 is 2.20 bits per heavy atom. The Labute approximate surface area is 87.9 Å². The zero-order valence-corrected chi connectivity index (χ0v) is 9.06. The summed E-state index contributed by atoms with van der Waals surface area (Å²) in [6, 6.07) is 1.69. The minimum atomic E-state index is -0.0200. The van der Waals surface area contributed by atoms with Crippen LogP contribution in [0, 0.1) is 0 Å². The number of hydrogen-bond acceptors (Lipinski definition) is 3. The summed E-state index contributed by atoms with van der Waals surface area (Å²) >= 11 is 0. The summed E-state index contributed by atoms with van der Waals surface area (Å²) in [5.41, 5.74) is 2.33. The molecule has 2 heterocycles. The Morgan fingerprint density at radius 3 is 2.80 bits per heavy atom. The Balaban J connectivity index is 2.66. The first-order valence-corrected chi connectivity index (χ1v) is 4.95. The summed E-state index contributed by atoms with van der Waals surface area (Å²) in [4.78, 5) is 15.5. The number of fused-ring (bicyclic) bond motifs is 1. The van der Waals surface area contributed by atoms with Gasteiger partial charge < -0.3 is 0 Å². The van der Waals surface area contributed by atoms with Crippen LogP contribution >= 0.6 is 0 Å². The van der Waals surface area contributed by atoms with Gasteiger partial charge in [-0.05, 0) is 12.0 Å². The fourth-order valence-electron chi connectivity index (χ4n) is 1.49. The van der Waals surface area contributed by atoms with Crippen molar-refractivity contribution in [2.75, 3.05) is 0 Å². The molecule has 15 heavy (non-hydrogen) atoms. The molecule has 2 rings (SSSR count). The molecule has 0 radical (unpaired) electrons. The molecule has 0 bridgehead atoms. The smallest absolute Gasteiger partial charge is 0.178 e. The molecule has 0 saturated heterocycles. The van der Waals surface area contributed by atoms with Crippen molar-refractivity contribution < 1.29 is 4.79 Å². The van der Waals surface area contributed by atoms with Gasteiger partial charge in [0.15, 0.2) is 11.4 Å². The van der Waals surface area contributed by atoms with Gasteiger partial charge in [-0.1, -0.05) is 13.8 Å². The molecule has 0 amide bonds. The molecule has 0 aromatic carbocycles. The molecule has 0 N–H and O–H groups in total. The number of ketones is 1. The minimum absolute atomic E-state index is 0.0200. The molecule has 0 fully saturated rings. The van der Waals surface area contributed by atoms with Crippen LogP contribution in [0.3, 0.4) is 0 Å². The quantitative estimate of drug-likeness (QED) is 0.702. The SMILES string of the molecule is CC(=O)c1ccn2ncc(C(C)C)c2n1. The predicted molar refractivity (Wildman–Crippen MR) is 57.1 cm³/mol. The average molecular weight is 203 g/mol. The number of rotatable bonds is 2.